The SMILES string of the molecule is Cc1cnn(CCNc2nc(C(=O)O)c(C)s2)c1. The van der Waals surface area contributed by atoms with E-state index in [2.05, 4.69) is 15.4 Å². The van der Waals surface area contributed by atoms with Gasteiger partial charge in [0.1, 0.15) is 0 Å². The van der Waals surface area contributed by atoms with Crippen LogP contribution in [0.5, 0.6) is 0 Å². The molecule has 7 heteroatoms. The van der Waals surface area contributed by atoms with Crippen LogP contribution in [0.2, 0.25) is 0 Å². The van der Waals surface area contributed by atoms with Crippen LogP contribution in [0.1, 0.15) is 20.9 Å². The standard InChI is InChI=1S/C11H14N4O2S/c1-7-5-13-15(6-7)4-3-12-11-14-9(10(16)17)8(2)18-11/h5-6H,3-4H2,1-2H3,(H,12,14)(H,16,17). The van der Waals surface area contributed by atoms with E-state index in [1.807, 2.05) is 17.8 Å². The highest BCUT2D eigenvalue weighted by atomic mass is 32.1. The Morgan fingerprint density at radius 2 is 2.33 bits per heavy atom. The summed E-state index contributed by atoms with van der Waals surface area (Å²) in [6.07, 6.45) is 3.76. The molecule has 18 heavy (non-hydrogen) atoms. The molecule has 2 aromatic rings. The van der Waals surface area contributed by atoms with Crippen molar-refractivity contribution in [3.05, 3.63) is 28.5 Å². The molecule has 0 aromatic carbocycles. The number of nitrogens with zero attached hydrogens (tertiary/aromatic N) is 3. The van der Waals surface area contributed by atoms with E-state index in [-0.39, 0.29) is 5.69 Å². The Balaban J connectivity index is 1.90. The van der Waals surface area contributed by atoms with Gasteiger partial charge in [-0.05, 0) is 19.4 Å². The molecule has 0 atom stereocenters. The molecular formula is C11H14N4O2S. The molecule has 2 aromatic heterocycles. The molecule has 0 radical (unpaired) electrons. The second kappa shape index (κ2) is 5.18. The molecule has 0 aliphatic heterocycles. The fourth-order valence-corrected chi connectivity index (χ4v) is 2.37. The van der Waals surface area contributed by atoms with Crippen molar-refractivity contribution in [2.45, 2.75) is 20.4 Å². The summed E-state index contributed by atoms with van der Waals surface area (Å²) in [4.78, 5) is 15.6. The minimum Gasteiger partial charge on any atom is -0.476 e. The van der Waals surface area contributed by atoms with E-state index in [4.69, 9.17) is 5.11 Å². The minimum absolute atomic E-state index is 0.123. The first-order chi connectivity index (χ1) is 8.56. The maximum Gasteiger partial charge on any atom is 0.355 e. The Bertz CT molecular complexity index is 561. The van der Waals surface area contributed by atoms with Crippen molar-refractivity contribution in [2.24, 2.45) is 0 Å². The quantitative estimate of drug-likeness (QED) is 0.862. The molecule has 96 valence electrons. The van der Waals surface area contributed by atoms with Crippen LogP contribution < -0.4 is 5.32 Å². The van der Waals surface area contributed by atoms with Gasteiger partial charge in [-0.3, -0.25) is 4.68 Å². The zero-order chi connectivity index (χ0) is 13.1. The maximum absolute atomic E-state index is 10.8. The zero-order valence-corrected chi connectivity index (χ0v) is 11.0. The van der Waals surface area contributed by atoms with Crippen LogP contribution in [0.25, 0.3) is 0 Å². The number of carboxylic acid groups (broad SMARTS) is 1. The molecule has 0 aliphatic carbocycles. The van der Waals surface area contributed by atoms with Gasteiger partial charge in [-0.1, -0.05) is 0 Å². The van der Waals surface area contributed by atoms with E-state index in [9.17, 15) is 4.79 Å². The lowest BCUT2D eigenvalue weighted by molar-refractivity contribution is 0.0690. The normalized spacial score (nSPS) is 10.6. The molecule has 2 N–H and O–H groups in total. The number of rotatable bonds is 5. The summed E-state index contributed by atoms with van der Waals surface area (Å²) in [5, 5.41) is 16.8. The van der Waals surface area contributed by atoms with Crippen LogP contribution in [-0.2, 0) is 6.54 Å². The molecule has 0 fully saturated rings. The van der Waals surface area contributed by atoms with Crippen molar-refractivity contribution in [3.8, 4) is 0 Å². The van der Waals surface area contributed by atoms with Gasteiger partial charge in [0.15, 0.2) is 10.8 Å². The summed E-state index contributed by atoms with van der Waals surface area (Å²) in [7, 11) is 0. The smallest absolute Gasteiger partial charge is 0.355 e. The predicted molar refractivity (Wildman–Crippen MR) is 69.3 cm³/mol. The molecular weight excluding hydrogens is 252 g/mol. The first-order valence-corrected chi connectivity index (χ1v) is 6.31. The Labute approximate surface area is 108 Å². The number of anilines is 1. The van der Waals surface area contributed by atoms with Crippen LogP contribution in [0.15, 0.2) is 12.4 Å². The van der Waals surface area contributed by atoms with Crippen LogP contribution in [0, 0.1) is 13.8 Å². The van der Waals surface area contributed by atoms with Crippen molar-refractivity contribution in [1.29, 1.82) is 0 Å². The van der Waals surface area contributed by atoms with Gasteiger partial charge in [0, 0.05) is 17.6 Å². The molecule has 0 spiro atoms. The highest BCUT2D eigenvalue weighted by Crippen LogP contribution is 2.21. The second-order valence-corrected chi connectivity index (χ2v) is 5.14. The lowest BCUT2D eigenvalue weighted by atomic mass is 10.4. The van der Waals surface area contributed by atoms with E-state index in [0.29, 0.717) is 16.6 Å². The molecule has 6 nitrogen and oxygen atoms in total. The van der Waals surface area contributed by atoms with Gasteiger partial charge in [0.25, 0.3) is 0 Å². The molecule has 2 heterocycles. The van der Waals surface area contributed by atoms with E-state index < -0.39 is 5.97 Å². The second-order valence-electron chi connectivity index (χ2n) is 3.94. The summed E-state index contributed by atoms with van der Waals surface area (Å²) < 4.78 is 1.83. The fraction of sp³-hybridized carbons (Fsp3) is 0.364. The molecule has 0 aliphatic rings. The number of hydrogen-bond acceptors (Lipinski definition) is 5. The first kappa shape index (κ1) is 12.6. The van der Waals surface area contributed by atoms with Gasteiger partial charge in [-0.2, -0.15) is 5.10 Å². The molecule has 0 unspecified atom stereocenters. The molecule has 0 saturated heterocycles. The number of nitrogens with one attached hydrogen (secondary N) is 1. The number of thiazole rings is 1. The fourth-order valence-electron chi connectivity index (χ4n) is 1.54. The molecule has 0 amide bonds. The van der Waals surface area contributed by atoms with Gasteiger partial charge in [0.2, 0.25) is 0 Å². The topological polar surface area (TPSA) is 80.0 Å². The molecule has 2 rings (SSSR count). The Kier molecular flexibility index (Phi) is 3.61. The maximum atomic E-state index is 10.8. The summed E-state index contributed by atoms with van der Waals surface area (Å²) in [6, 6.07) is 0. The third kappa shape index (κ3) is 2.86. The van der Waals surface area contributed by atoms with Crippen molar-refractivity contribution >= 4 is 22.4 Å². The van der Waals surface area contributed by atoms with Crippen molar-refractivity contribution < 1.29 is 9.90 Å². The van der Waals surface area contributed by atoms with Crippen LogP contribution in [0.3, 0.4) is 0 Å². The predicted octanol–water partition coefficient (Wildman–Crippen LogP) is 1.77. The van der Waals surface area contributed by atoms with Crippen LogP contribution >= 0.6 is 11.3 Å². The summed E-state index contributed by atoms with van der Waals surface area (Å²) in [5.41, 5.74) is 1.24. The van der Waals surface area contributed by atoms with E-state index >= 15 is 0 Å². The monoisotopic (exact) mass is 266 g/mol. The molecule has 0 bridgehead atoms. The number of aromatic carboxylic acids is 1. The van der Waals surface area contributed by atoms with Crippen molar-refractivity contribution in [2.75, 3.05) is 11.9 Å². The average molecular weight is 266 g/mol. The van der Waals surface area contributed by atoms with Gasteiger partial charge in [-0.15, -0.1) is 11.3 Å². The minimum atomic E-state index is -0.987. The van der Waals surface area contributed by atoms with Gasteiger partial charge in [-0.25, -0.2) is 9.78 Å². The Morgan fingerprint density at radius 3 is 2.89 bits per heavy atom. The number of carboxylic acids is 1. The highest BCUT2D eigenvalue weighted by molar-refractivity contribution is 7.15. The third-order valence-electron chi connectivity index (χ3n) is 2.38. The largest absolute Gasteiger partial charge is 0.476 e. The van der Waals surface area contributed by atoms with Crippen molar-refractivity contribution in [1.82, 2.24) is 14.8 Å². The summed E-state index contributed by atoms with van der Waals surface area (Å²) in [5.74, 6) is -0.987. The Hall–Kier alpha value is -1.89. The van der Waals surface area contributed by atoms with Crippen LogP contribution in [0.4, 0.5) is 5.13 Å². The average Bonchev–Trinajstić information content (AvgIpc) is 2.85. The summed E-state index contributed by atoms with van der Waals surface area (Å²) >= 11 is 1.35. The third-order valence-corrected chi connectivity index (χ3v) is 3.31. The molecule has 0 saturated carbocycles. The Morgan fingerprint density at radius 1 is 1.56 bits per heavy atom. The first-order valence-electron chi connectivity index (χ1n) is 5.50. The lowest BCUT2D eigenvalue weighted by Gasteiger charge is -2.02. The van der Waals surface area contributed by atoms with E-state index in [0.717, 1.165) is 12.1 Å². The van der Waals surface area contributed by atoms with E-state index in [1.54, 1.807) is 13.1 Å². The zero-order valence-electron chi connectivity index (χ0n) is 10.2. The summed E-state index contributed by atoms with van der Waals surface area (Å²) in [6.45, 7) is 5.12. The number of hydrogen-bond donors (Lipinski definition) is 2. The van der Waals surface area contributed by atoms with Gasteiger partial charge < -0.3 is 10.4 Å². The van der Waals surface area contributed by atoms with Gasteiger partial charge in [0.05, 0.1) is 12.7 Å². The van der Waals surface area contributed by atoms with Crippen molar-refractivity contribution in [3.63, 3.8) is 0 Å². The number of aryl methyl sites for hydroxylation is 2. The van der Waals surface area contributed by atoms with Gasteiger partial charge >= 0.3 is 5.97 Å². The lowest BCUT2D eigenvalue weighted by Crippen LogP contribution is -2.10. The number of aromatic nitrogens is 3. The highest BCUT2D eigenvalue weighted by Gasteiger charge is 2.13. The number of carbonyl (C=O) groups is 1. The van der Waals surface area contributed by atoms with E-state index in [1.165, 1.54) is 11.3 Å². The van der Waals surface area contributed by atoms with Crippen LogP contribution in [-0.4, -0.2) is 32.4 Å².